The van der Waals surface area contributed by atoms with Crippen molar-refractivity contribution in [2.75, 3.05) is 14.2 Å². The highest BCUT2D eigenvalue weighted by Gasteiger charge is 2.17. The Kier molecular flexibility index (Phi) is 6.55. The molecule has 0 spiro atoms. The van der Waals surface area contributed by atoms with E-state index in [-0.39, 0.29) is 6.61 Å². The third kappa shape index (κ3) is 4.30. The van der Waals surface area contributed by atoms with Gasteiger partial charge in [0.15, 0.2) is 0 Å². The zero-order valence-corrected chi connectivity index (χ0v) is 15.4. The van der Waals surface area contributed by atoms with Gasteiger partial charge in [-0.3, -0.25) is 4.79 Å². The summed E-state index contributed by atoms with van der Waals surface area (Å²) in [6.45, 7) is 4.01. The molecule has 5 nitrogen and oxygen atoms in total. The van der Waals surface area contributed by atoms with E-state index in [0.717, 1.165) is 23.0 Å². The zero-order chi connectivity index (χ0) is 19.1. The van der Waals surface area contributed by atoms with Gasteiger partial charge in [0.25, 0.3) is 0 Å². The van der Waals surface area contributed by atoms with Gasteiger partial charge in [-0.25, -0.2) is 4.79 Å². The van der Waals surface area contributed by atoms with Crippen molar-refractivity contribution in [3.8, 4) is 5.75 Å². The predicted molar refractivity (Wildman–Crippen MR) is 99.1 cm³/mol. The normalized spacial score (nSPS) is 11.0. The van der Waals surface area contributed by atoms with E-state index >= 15 is 0 Å². The van der Waals surface area contributed by atoms with Crippen molar-refractivity contribution in [2.24, 2.45) is 0 Å². The molecule has 0 aliphatic rings. The third-order valence-corrected chi connectivity index (χ3v) is 4.02. The Balaban J connectivity index is 2.32. The maximum Gasteiger partial charge on any atom is 0.341 e. The highest BCUT2D eigenvalue weighted by molar-refractivity contribution is 6.16. The fourth-order valence-electron chi connectivity index (χ4n) is 2.61. The van der Waals surface area contributed by atoms with Crippen LogP contribution in [-0.2, 0) is 20.9 Å². The lowest BCUT2D eigenvalue weighted by atomic mass is 10.0. The number of rotatable bonds is 7. The van der Waals surface area contributed by atoms with Crippen LogP contribution in [0.15, 0.2) is 42.7 Å². The Morgan fingerprint density at radius 1 is 1.08 bits per heavy atom. The number of ether oxygens (including phenoxy) is 3. The van der Waals surface area contributed by atoms with Crippen LogP contribution in [0.3, 0.4) is 0 Å². The highest BCUT2D eigenvalue weighted by Crippen LogP contribution is 2.26. The maximum atomic E-state index is 12.1. The Morgan fingerprint density at radius 3 is 2.46 bits per heavy atom. The van der Waals surface area contributed by atoms with Crippen molar-refractivity contribution in [1.29, 1.82) is 0 Å². The van der Waals surface area contributed by atoms with Gasteiger partial charge in [0.2, 0.25) is 0 Å². The van der Waals surface area contributed by atoms with Crippen molar-refractivity contribution in [3.63, 3.8) is 0 Å². The summed E-state index contributed by atoms with van der Waals surface area (Å²) in [5.74, 6) is 0.208. The number of carbonyl (C=O) groups is 2. The zero-order valence-electron chi connectivity index (χ0n) is 15.4. The largest absolute Gasteiger partial charge is 0.503 e. The van der Waals surface area contributed by atoms with Crippen molar-refractivity contribution < 1.29 is 23.8 Å². The van der Waals surface area contributed by atoms with E-state index in [2.05, 4.69) is 0 Å². The van der Waals surface area contributed by atoms with Crippen molar-refractivity contribution in [3.05, 3.63) is 70.5 Å². The standard InChI is InChI=1S/C21H22O5/c1-14-10-20(15(2)9-17(14)11-22)26-12-16-7-5-6-8-18(16)19(13-24-3)21(23)25-4/h5-11,13H,12H2,1-4H3. The molecule has 0 amide bonds. The fraction of sp³-hybridized carbons (Fsp3) is 0.238. The van der Waals surface area contributed by atoms with Gasteiger partial charge in [0.1, 0.15) is 24.2 Å². The molecule has 136 valence electrons. The van der Waals surface area contributed by atoms with Crippen LogP contribution < -0.4 is 4.74 Å². The van der Waals surface area contributed by atoms with Gasteiger partial charge in [-0.05, 0) is 48.2 Å². The van der Waals surface area contributed by atoms with Gasteiger partial charge in [-0.2, -0.15) is 0 Å². The Hall–Kier alpha value is -3.08. The number of aryl methyl sites for hydroxylation is 2. The summed E-state index contributed by atoms with van der Waals surface area (Å²) < 4.78 is 15.8. The van der Waals surface area contributed by atoms with Crippen LogP contribution in [0.1, 0.15) is 32.6 Å². The Morgan fingerprint density at radius 2 is 1.81 bits per heavy atom. The Labute approximate surface area is 153 Å². The molecule has 2 aromatic carbocycles. The van der Waals surface area contributed by atoms with E-state index in [9.17, 15) is 9.59 Å². The summed E-state index contributed by atoms with van der Waals surface area (Å²) in [6, 6.07) is 11.0. The molecule has 0 unspecified atom stereocenters. The molecule has 0 saturated carbocycles. The molecule has 2 rings (SSSR count). The minimum atomic E-state index is -0.485. The van der Waals surface area contributed by atoms with E-state index in [0.29, 0.717) is 22.4 Å². The minimum absolute atomic E-state index is 0.259. The molecular weight excluding hydrogens is 332 g/mol. The molecule has 0 radical (unpaired) electrons. The van der Waals surface area contributed by atoms with Crippen molar-refractivity contribution in [1.82, 2.24) is 0 Å². The fourth-order valence-corrected chi connectivity index (χ4v) is 2.61. The smallest absolute Gasteiger partial charge is 0.341 e. The number of carbonyl (C=O) groups excluding carboxylic acids is 2. The average molecular weight is 354 g/mol. The first-order valence-electron chi connectivity index (χ1n) is 8.10. The summed E-state index contributed by atoms with van der Waals surface area (Å²) >= 11 is 0. The second kappa shape index (κ2) is 8.85. The average Bonchev–Trinajstić information content (AvgIpc) is 2.66. The van der Waals surface area contributed by atoms with Crippen molar-refractivity contribution >= 4 is 17.8 Å². The second-order valence-corrected chi connectivity index (χ2v) is 5.80. The molecule has 26 heavy (non-hydrogen) atoms. The van der Waals surface area contributed by atoms with Gasteiger partial charge in [-0.1, -0.05) is 24.3 Å². The molecule has 0 atom stereocenters. The van der Waals surface area contributed by atoms with Crippen LogP contribution in [0.2, 0.25) is 0 Å². The maximum absolute atomic E-state index is 12.1. The first-order chi connectivity index (χ1) is 12.5. The highest BCUT2D eigenvalue weighted by atomic mass is 16.5. The summed E-state index contributed by atoms with van der Waals surface area (Å²) in [5.41, 5.74) is 4.18. The van der Waals surface area contributed by atoms with Crippen LogP contribution in [0, 0.1) is 13.8 Å². The summed E-state index contributed by atoms with van der Waals surface area (Å²) in [5, 5.41) is 0. The van der Waals surface area contributed by atoms with Crippen LogP contribution in [-0.4, -0.2) is 26.5 Å². The molecule has 0 saturated heterocycles. The SMILES string of the molecule is COC=C(C(=O)OC)c1ccccc1COc1cc(C)c(C=O)cc1C. The molecule has 0 N–H and O–H groups in total. The van der Waals surface area contributed by atoms with E-state index in [1.165, 1.54) is 20.5 Å². The number of benzene rings is 2. The van der Waals surface area contributed by atoms with Crippen LogP contribution in [0.25, 0.3) is 5.57 Å². The molecule has 0 aromatic heterocycles. The Bertz CT molecular complexity index is 836. The topological polar surface area (TPSA) is 61.8 Å². The molecule has 0 heterocycles. The van der Waals surface area contributed by atoms with E-state index < -0.39 is 5.97 Å². The summed E-state index contributed by atoms with van der Waals surface area (Å²) in [7, 11) is 2.80. The number of hydrogen-bond donors (Lipinski definition) is 0. The lowest BCUT2D eigenvalue weighted by molar-refractivity contribution is -0.133. The molecular formula is C21H22O5. The lowest BCUT2D eigenvalue weighted by Gasteiger charge is -2.15. The number of methoxy groups -OCH3 is 2. The molecule has 0 bridgehead atoms. The summed E-state index contributed by atoms with van der Waals surface area (Å²) in [6.07, 6.45) is 2.19. The monoisotopic (exact) mass is 354 g/mol. The molecule has 2 aromatic rings. The third-order valence-electron chi connectivity index (χ3n) is 4.02. The van der Waals surface area contributed by atoms with Gasteiger partial charge in [0, 0.05) is 5.56 Å². The number of esters is 1. The van der Waals surface area contributed by atoms with Gasteiger partial charge >= 0.3 is 5.97 Å². The minimum Gasteiger partial charge on any atom is -0.503 e. The van der Waals surface area contributed by atoms with Gasteiger partial charge in [-0.15, -0.1) is 0 Å². The van der Waals surface area contributed by atoms with Gasteiger partial charge < -0.3 is 14.2 Å². The van der Waals surface area contributed by atoms with Gasteiger partial charge in [0.05, 0.1) is 20.5 Å². The predicted octanol–water partition coefficient (Wildman–Crippen LogP) is 3.86. The first kappa shape index (κ1) is 19.2. The molecule has 0 aliphatic heterocycles. The van der Waals surface area contributed by atoms with Crippen LogP contribution >= 0.6 is 0 Å². The lowest BCUT2D eigenvalue weighted by Crippen LogP contribution is -2.08. The first-order valence-corrected chi connectivity index (χ1v) is 8.10. The van der Waals surface area contributed by atoms with E-state index in [1.54, 1.807) is 6.07 Å². The van der Waals surface area contributed by atoms with Crippen LogP contribution in [0.5, 0.6) is 5.75 Å². The van der Waals surface area contributed by atoms with E-state index in [1.807, 2.05) is 44.2 Å². The number of aldehydes is 1. The van der Waals surface area contributed by atoms with Crippen molar-refractivity contribution in [2.45, 2.75) is 20.5 Å². The number of hydrogen-bond acceptors (Lipinski definition) is 5. The molecule has 0 aliphatic carbocycles. The molecule has 5 heteroatoms. The van der Waals surface area contributed by atoms with E-state index in [4.69, 9.17) is 14.2 Å². The molecule has 0 fully saturated rings. The quantitative estimate of drug-likeness (QED) is 0.327. The summed E-state index contributed by atoms with van der Waals surface area (Å²) in [4.78, 5) is 23.1. The van der Waals surface area contributed by atoms with Crippen LogP contribution in [0.4, 0.5) is 0 Å². The second-order valence-electron chi connectivity index (χ2n) is 5.80.